The summed E-state index contributed by atoms with van der Waals surface area (Å²) in [7, 11) is 1.64. The smallest absolute Gasteiger partial charge is 0.150 e. The lowest BCUT2D eigenvalue weighted by molar-refractivity contribution is 0.414. The van der Waals surface area contributed by atoms with E-state index < -0.39 is 0 Å². The van der Waals surface area contributed by atoms with Crippen molar-refractivity contribution < 1.29 is 4.74 Å². The fourth-order valence-electron chi connectivity index (χ4n) is 1.44. The Morgan fingerprint density at radius 2 is 2.00 bits per heavy atom. The molecule has 1 aromatic heterocycles. The summed E-state index contributed by atoms with van der Waals surface area (Å²) < 4.78 is 5.09. The number of rotatable bonds is 4. The number of nitrogens with one attached hydrogen (secondary N) is 1. The molecule has 0 fully saturated rings. The number of anilines is 2. The zero-order valence-corrected chi connectivity index (χ0v) is 10.6. The molecule has 1 aromatic carbocycles. The van der Waals surface area contributed by atoms with Gasteiger partial charge in [-0.05, 0) is 17.7 Å². The highest BCUT2D eigenvalue weighted by Crippen LogP contribution is 2.23. The Bertz CT molecular complexity index is 530. The Balaban J connectivity index is 2.04. The van der Waals surface area contributed by atoms with E-state index in [0.29, 0.717) is 17.4 Å². The fourth-order valence-corrected chi connectivity index (χ4v) is 1.60. The van der Waals surface area contributed by atoms with Gasteiger partial charge in [0.15, 0.2) is 5.82 Å². The van der Waals surface area contributed by atoms with E-state index in [4.69, 9.17) is 22.1 Å². The van der Waals surface area contributed by atoms with Gasteiger partial charge in [0, 0.05) is 6.54 Å². The van der Waals surface area contributed by atoms with E-state index in [1.165, 1.54) is 6.33 Å². The average Bonchev–Trinajstić information content (AvgIpc) is 2.41. The molecule has 0 aliphatic rings. The molecule has 0 unspecified atom stereocenters. The van der Waals surface area contributed by atoms with Crippen LogP contribution in [0.3, 0.4) is 0 Å². The number of nitrogens with zero attached hydrogens (tertiary/aromatic N) is 2. The summed E-state index contributed by atoms with van der Waals surface area (Å²) in [5.74, 6) is 1.62. The Morgan fingerprint density at radius 3 is 2.67 bits per heavy atom. The third-order valence-electron chi connectivity index (χ3n) is 2.44. The van der Waals surface area contributed by atoms with Crippen molar-refractivity contribution in [3.8, 4) is 5.75 Å². The number of aromatic nitrogens is 2. The molecule has 0 amide bonds. The largest absolute Gasteiger partial charge is 0.497 e. The van der Waals surface area contributed by atoms with Gasteiger partial charge in [-0.1, -0.05) is 23.7 Å². The summed E-state index contributed by atoms with van der Waals surface area (Å²) in [5.41, 5.74) is 6.67. The number of hydrogen-bond acceptors (Lipinski definition) is 5. The first-order valence-corrected chi connectivity index (χ1v) is 5.71. The van der Waals surface area contributed by atoms with E-state index in [2.05, 4.69) is 15.3 Å². The third kappa shape index (κ3) is 2.81. The van der Waals surface area contributed by atoms with Crippen LogP contribution in [0.1, 0.15) is 5.56 Å². The van der Waals surface area contributed by atoms with E-state index in [0.717, 1.165) is 11.3 Å². The molecule has 0 aliphatic carbocycles. The molecular formula is C12H13ClN4O. The van der Waals surface area contributed by atoms with Crippen molar-refractivity contribution in [3.05, 3.63) is 41.2 Å². The van der Waals surface area contributed by atoms with Crippen LogP contribution >= 0.6 is 11.6 Å². The van der Waals surface area contributed by atoms with Gasteiger partial charge in [0.05, 0.1) is 7.11 Å². The van der Waals surface area contributed by atoms with Crippen LogP contribution in [-0.2, 0) is 6.54 Å². The van der Waals surface area contributed by atoms with Crippen LogP contribution in [0.2, 0.25) is 5.02 Å². The standard InChI is InChI=1S/C12H13ClN4O/c1-18-9-4-2-8(3-5-9)6-15-12-10(13)11(14)16-7-17-12/h2-5,7H,6H2,1H3,(H3,14,15,16,17). The molecule has 0 aliphatic heterocycles. The van der Waals surface area contributed by atoms with Gasteiger partial charge >= 0.3 is 0 Å². The van der Waals surface area contributed by atoms with Crippen molar-refractivity contribution in [1.29, 1.82) is 0 Å². The fraction of sp³-hybridized carbons (Fsp3) is 0.167. The molecule has 2 aromatic rings. The first kappa shape index (κ1) is 12.4. The number of nitrogen functional groups attached to an aromatic ring is 1. The predicted octanol–water partition coefficient (Wildman–Crippen LogP) is 2.33. The summed E-state index contributed by atoms with van der Waals surface area (Å²) in [6.45, 7) is 0.597. The topological polar surface area (TPSA) is 73.1 Å². The third-order valence-corrected chi connectivity index (χ3v) is 2.81. The number of hydrogen-bond donors (Lipinski definition) is 2. The van der Waals surface area contributed by atoms with E-state index in [1.54, 1.807) is 7.11 Å². The highest BCUT2D eigenvalue weighted by molar-refractivity contribution is 6.35. The van der Waals surface area contributed by atoms with Crippen molar-refractivity contribution in [2.24, 2.45) is 0 Å². The lowest BCUT2D eigenvalue weighted by Crippen LogP contribution is -2.04. The van der Waals surface area contributed by atoms with Crippen LogP contribution in [0.5, 0.6) is 5.75 Å². The molecule has 18 heavy (non-hydrogen) atoms. The molecule has 2 rings (SSSR count). The minimum Gasteiger partial charge on any atom is -0.497 e. The van der Waals surface area contributed by atoms with Gasteiger partial charge in [0.1, 0.15) is 22.9 Å². The van der Waals surface area contributed by atoms with Gasteiger partial charge in [-0.2, -0.15) is 0 Å². The SMILES string of the molecule is COc1ccc(CNc2ncnc(N)c2Cl)cc1. The zero-order chi connectivity index (χ0) is 13.0. The Morgan fingerprint density at radius 1 is 1.28 bits per heavy atom. The summed E-state index contributed by atoms with van der Waals surface area (Å²) in [6, 6.07) is 7.72. The quantitative estimate of drug-likeness (QED) is 0.887. The van der Waals surface area contributed by atoms with Crippen LogP contribution in [0, 0.1) is 0 Å². The second kappa shape index (κ2) is 5.55. The summed E-state index contributed by atoms with van der Waals surface area (Å²) in [5, 5.41) is 3.44. The van der Waals surface area contributed by atoms with Crippen molar-refractivity contribution in [2.45, 2.75) is 6.54 Å². The molecule has 0 saturated heterocycles. The Labute approximate surface area is 110 Å². The number of ether oxygens (including phenoxy) is 1. The van der Waals surface area contributed by atoms with Gasteiger partial charge in [-0.15, -0.1) is 0 Å². The number of benzene rings is 1. The molecule has 3 N–H and O–H groups in total. The van der Waals surface area contributed by atoms with E-state index in [-0.39, 0.29) is 5.82 Å². The van der Waals surface area contributed by atoms with E-state index in [1.807, 2.05) is 24.3 Å². The first-order valence-electron chi connectivity index (χ1n) is 5.33. The molecule has 5 nitrogen and oxygen atoms in total. The van der Waals surface area contributed by atoms with Gasteiger partial charge in [-0.3, -0.25) is 0 Å². The lowest BCUT2D eigenvalue weighted by atomic mass is 10.2. The molecule has 0 spiro atoms. The van der Waals surface area contributed by atoms with Gasteiger partial charge in [-0.25, -0.2) is 9.97 Å². The Hall–Kier alpha value is -2.01. The van der Waals surface area contributed by atoms with Crippen molar-refractivity contribution >= 4 is 23.2 Å². The maximum atomic E-state index is 5.97. The number of nitrogens with two attached hydrogens (primary N) is 1. The molecule has 0 bridgehead atoms. The zero-order valence-electron chi connectivity index (χ0n) is 9.85. The average molecular weight is 265 g/mol. The van der Waals surface area contributed by atoms with Crippen molar-refractivity contribution in [2.75, 3.05) is 18.2 Å². The molecule has 0 atom stereocenters. The summed E-state index contributed by atoms with van der Waals surface area (Å²) in [4.78, 5) is 7.82. The molecule has 0 radical (unpaired) electrons. The molecule has 1 heterocycles. The minimum absolute atomic E-state index is 0.267. The van der Waals surface area contributed by atoms with Crippen LogP contribution in [-0.4, -0.2) is 17.1 Å². The Kier molecular flexibility index (Phi) is 3.84. The highest BCUT2D eigenvalue weighted by atomic mass is 35.5. The van der Waals surface area contributed by atoms with Crippen molar-refractivity contribution in [1.82, 2.24) is 9.97 Å². The van der Waals surface area contributed by atoms with Gasteiger partial charge in [0.2, 0.25) is 0 Å². The normalized spacial score (nSPS) is 10.1. The lowest BCUT2D eigenvalue weighted by Gasteiger charge is -2.08. The molecule has 0 saturated carbocycles. The molecular weight excluding hydrogens is 252 g/mol. The van der Waals surface area contributed by atoms with Gasteiger partial charge < -0.3 is 15.8 Å². The molecule has 6 heteroatoms. The minimum atomic E-state index is 0.267. The van der Waals surface area contributed by atoms with Crippen molar-refractivity contribution in [3.63, 3.8) is 0 Å². The maximum absolute atomic E-state index is 5.97. The summed E-state index contributed by atoms with van der Waals surface area (Å²) >= 11 is 5.97. The van der Waals surface area contributed by atoms with Crippen LogP contribution in [0.15, 0.2) is 30.6 Å². The van der Waals surface area contributed by atoms with E-state index >= 15 is 0 Å². The number of halogens is 1. The second-order valence-corrected chi connectivity index (χ2v) is 4.00. The number of methoxy groups -OCH3 is 1. The molecule has 94 valence electrons. The maximum Gasteiger partial charge on any atom is 0.150 e. The van der Waals surface area contributed by atoms with Gasteiger partial charge in [0.25, 0.3) is 0 Å². The van der Waals surface area contributed by atoms with Crippen LogP contribution in [0.4, 0.5) is 11.6 Å². The second-order valence-electron chi connectivity index (χ2n) is 3.62. The highest BCUT2D eigenvalue weighted by Gasteiger charge is 2.05. The predicted molar refractivity (Wildman–Crippen MR) is 71.8 cm³/mol. The van der Waals surface area contributed by atoms with E-state index in [9.17, 15) is 0 Å². The summed E-state index contributed by atoms with van der Waals surface area (Å²) in [6.07, 6.45) is 1.37. The first-order chi connectivity index (χ1) is 8.70. The monoisotopic (exact) mass is 264 g/mol. The van der Waals surface area contributed by atoms with Crippen LogP contribution in [0.25, 0.3) is 0 Å². The van der Waals surface area contributed by atoms with Crippen LogP contribution < -0.4 is 15.8 Å².